The number of nitrogens with zero attached hydrogens (tertiary/aromatic N) is 2. The summed E-state index contributed by atoms with van der Waals surface area (Å²) in [6, 6.07) is 4.61. The summed E-state index contributed by atoms with van der Waals surface area (Å²) in [6.45, 7) is 2.73. The molecule has 1 aliphatic heterocycles. The van der Waals surface area contributed by atoms with E-state index in [2.05, 4.69) is 0 Å². The molecule has 1 unspecified atom stereocenters. The van der Waals surface area contributed by atoms with Crippen molar-refractivity contribution in [3.05, 3.63) is 39.4 Å². The van der Waals surface area contributed by atoms with Gasteiger partial charge in [0.1, 0.15) is 5.56 Å². The molecule has 96 valence electrons. The third kappa shape index (κ3) is 2.19. The standard InChI is InChI=1S/C12H15N3O3/c1-8-3-2-4-10(15(17)18)11(8)12(16)14-6-5-9(13)7-14/h2-4,9H,5-7,13H2,1H3. The van der Waals surface area contributed by atoms with E-state index >= 15 is 0 Å². The van der Waals surface area contributed by atoms with E-state index in [1.165, 1.54) is 6.07 Å². The minimum atomic E-state index is -0.518. The number of nitrogens with two attached hydrogens (primary N) is 1. The fraction of sp³-hybridized carbons (Fsp3) is 0.417. The number of benzene rings is 1. The van der Waals surface area contributed by atoms with Crippen LogP contribution in [0.5, 0.6) is 0 Å². The lowest BCUT2D eigenvalue weighted by atomic mass is 10.1. The predicted molar refractivity (Wildman–Crippen MR) is 66.3 cm³/mol. The highest BCUT2D eigenvalue weighted by atomic mass is 16.6. The molecule has 1 aromatic carbocycles. The molecule has 1 amide bonds. The number of carbonyl (C=O) groups excluding carboxylic acids is 1. The lowest BCUT2D eigenvalue weighted by Gasteiger charge is -2.17. The van der Waals surface area contributed by atoms with Crippen molar-refractivity contribution in [3.8, 4) is 0 Å². The zero-order valence-corrected chi connectivity index (χ0v) is 10.1. The molecule has 0 bridgehead atoms. The molecule has 1 heterocycles. The van der Waals surface area contributed by atoms with Crippen molar-refractivity contribution in [1.29, 1.82) is 0 Å². The van der Waals surface area contributed by atoms with Gasteiger partial charge in [0.25, 0.3) is 11.6 Å². The van der Waals surface area contributed by atoms with E-state index in [0.29, 0.717) is 18.7 Å². The normalized spacial score (nSPS) is 19.0. The van der Waals surface area contributed by atoms with Gasteiger partial charge in [0.15, 0.2) is 0 Å². The fourth-order valence-corrected chi connectivity index (χ4v) is 2.21. The van der Waals surface area contributed by atoms with Crippen molar-refractivity contribution in [2.45, 2.75) is 19.4 Å². The van der Waals surface area contributed by atoms with Gasteiger partial charge in [-0.25, -0.2) is 0 Å². The van der Waals surface area contributed by atoms with Gasteiger partial charge in [-0.3, -0.25) is 14.9 Å². The van der Waals surface area contributed by atoms with Crippen molar-refractivity contribution in [2.75, 3.05) is 13.1 Å². The molecule has 6 nitrogen and oxygen atoms in total. The number of hydrogen-bond donors (Lipinski definition) is 1. The number of amides is 1. The molecule has 0 radical (unpaired) electrons. The van der Waals surface area contributed by atoms with Crippen molar-refractivity contribution in [2.24, 2.45) is 5.73 Å². The zero-order valence-electron chi connectivity index (χ0n) is 10.1. The molecule has 1 aromatic rings. The maximum atomic E-state index is 12.3. The molecule has 1 fully saturated rings. The topological polar surface area (TPSA) is 89.5 Å². The summed E-state index contributed by atoms with van der Waals surface area (Å²) in [5.41, 5.74) is 6.41. The van der Waals surface area contributed by atoms with Gasteiger partial charge in [0.2, 0.25) is 0 Å². The van der Waals surface area contributed by atoms with Crippen LogP contribution in [0.3, 0.4) is 0 Å². The molecular formula is C12H15N3O3. The zero-order chi connectivity index (χ0) is 13.3. The quantitative estimate of drug-likeness (QED) is 0.627. The Balaban J connectivity index is 2.38. The van der Waals surface area contributed by atoms with Crippen LogP contribution >= 0.6 is 0 Å². The van der Waals surface area contributed by atoms with E-state index in [9.17, 15) is 14.9 Å². The number of nitro benzene ring substituents is 1. The third-order valence-electron chi connectivity index (χ3n) is 3.17. The van der Waals surface area contributed by atoms with Gasteiger partial charge < -0.3 is 10.6 Å². The monoisotopic (exact) mass is 249 g/mol. The van der Waals surface area contributed by atoms with Crippen LogP contribution in [-0.2, 0) is 0 Å². The van der Waals surface area contributed by atoms with Crippen LogP contribution in [0.25, 0.3) is 0 Å². The van der Waals surface area contributed by atoms with E-state index in [4.69, 9.17) is 5.73 Å². The van der Waals surface area contributed by atoms with Gasteiger partial charge in [-0.1, -0.05) is 12.1 Å². The molecule has 2 N–H and O–H groups in total. The summed E-state index contributed by atoms with van der Waals surface area (Å²) in [4.78, 5) is 24.3. The van der Waals surface area contributed by atoms with Gasteiger partial charge in [0.05, 0.1) is 4.92 Å². The smallest absolute Gasteiger partial charge is 0.282 e. The first kappa shape index (κ1) is 12.5. The van der Waals surface area contributed by atoms with E-state index < -0.39 is 4.92 Å². The SMILES string of the molecule is Cc1cccc([N+](=O)[O-])c1C(=O)N1CCC(N)C1. The summed E-state index contributed by atoms with van der Waals surface area (Å²) in [7, 11) is 0. The van der Waals surface area contributed by atoms with Gasteiger partial charge in [-0.15, -0.1) is 0 Å². The number of carbonyl (C=O) groups is 1. The highest BCUT2D eigenvalue weighted by Crippen LogP contribution is 2.24. The Morgan fingerprint density at radius 1 is 1.56 bits per heavy atom. The first-order valence-corrected chi connectivity index (χ1v) is 5.79. The van der Waals surface area contributed by atoms with Crippen LogP contribution in [0, 0.1) is 17.0 Å². The van der Waals surface area contributed by atoms with Crippen LogP contribution in [0.2, 0.25) is 0 Å². The van der Waals surface area contributed by atoms with Crippen molar-refractivity contribution in [3.63, 3.8) is 0 Å². The number of rotatable bonds is 2. The Kier molecular flexibility index (Phi) is 3.29. The first-order valence-electron chi connectivity index (χ1n) is 5.79. The van der Waals surface area contributed by atoms with Crippen LogP contribution in [-0.4, -0.2) is 34.9 Å². The molecule has 1 aliphatic rings. The molecule has 2 rings (SSSR count). The van der Waals surface area contributed by atoms with Gasteiger partial charge in [0, 0.05) is 25.2 Å². The lowest BCUT2D eigenvalue weighted by Crippen LogP contribution is -2.32. The molecule has 1 atom stereocenters. The summed E-state index contributed by atoms with van der Waals surface area (Å²) in [6.07, 6.45) is 0.741. The Labute approximate surface area is 105 Å². The third-order valence-corrected chi connectivity index (χ3v) is 3.17. The van der Waals surface area contributed by atoms with Crippen molar-refractivity contribution in [1.82, 2.24) is 4.90 Å². The maximum absolute atomic E-state index is 12.3. The molecule has 1 saturated heterocycles. The molecule has 0 spiro atoms. The van der Waals surface area contributed by atoms with Gasteiger partial charge >= 0.3 is 0 Å². The lowest BCUT2D eigenvalue weighted by molar-refractivity contribution is -0.385. The summed E-state index contributed by atoms with van der Waals surface area (Å²) in [5.74, 6) is -0.298. The van der Waals surface area contributed by atoms with Gasteiger partial charge in [-0.2, -0.15) is 0 Å². The largest absolute Gasteiger partial charge is 0.337 e. The second-order valence-electron chi connectivity index (χ2n) is 4.53. The second-order valence-corrected chi connectivity index (χ2v) is 4.53. The van der Waals surface area contributed by atoms with Crippen molar-refractivity contribution >= 4 is 11.6 Å². The Bertz CT molecular complexity index is 501. The summed E-state index contributed by atoms with van der Waals surface area (Å²) < 4.78 is 0. The molecule has 0 saturated carbocycles. The second kappa shape index (κ2) is 4.73. The predicted octanol–water partition coefficient (Wildman–Crippen LogP) is 1.08. The molecule has 0 aromatic heterocycles. The highest BCUT2D eigenvalue weighted by Gasteiger charge is 2.30. The van der Waals surface area contributed by atoms with Gasteiger partial charge in [-0.05, 0) is 18.9 Å². The van der Waals surface area contributed by atoms with Crippen LogP contribution in [0.15, 0.2) is 18.2 Å². The van der Waals surface area contributed by atoms with Crippen LogP contribution in [0.4, 0.5) is 5.69 Å². The molecule has 6 heteroatoms. The number of aryl methyl sites for hydroxylation is 1. The highest BCUT2D eigenvalue weighted by molar-refractivity contribution is 5.99. The Morgan fingerprint density at radius 2 is 2.28 bits per heavy atom. The minimum Gasteiger partial charge on any atom is -0.337 e. The minimum absolute atomic E-state index is 0.0305. The van der Waals surface area contributed by atoms with Crippen LogP contribution < -0.4 is 5.73 Å². The molecule has 0 aliphatic carbocycles. The van der Waals surface area contributed by atoms with E-state index in [1.54, 1.807) is 24.0 Å². The van der Waals surface area contributed by atoms with Crippen LogP contribution in [0.1, 0.15) is 22.3 Å². The van der Waals surface area contributed by atoms with E-state index in [1.807, 2.05) is 0 Å². The van der Waals surface area contributed by atoms with E-state index in [-0.39, 0.29) is 23.2 Å². The summed E-state index contributed by atoms with van der Waals surface area (Å²) >= 11 is 0. The Morgan fingerprint density at radius 3 is 2.83 bits per heavy atom. The number of nitro groups is 1. The first-order chi connectivity index (χ1) is 8.50. The average Bonchev–Trinajstić information content (AvgIpc) is 2.74. The molecule has 18 heavy (non-hydrogen) atoms. The summed E-state index contributed by atoms with van der Waals surface area (Å²) in [5, 5.41) is 11.0. The number of hydrogen-bond acceptors (Lipinski definition) is 4. The fourth-order valence-electron chi connectivity index (χ4n) is 2.21. The number of likely N-dealkylation sites (tertiary alicyclic amines) is 1. The Hall–Kier alpha value is -1.95. The van der Waals surface area contributed by atoms with Crippen molar-refractivity contribution < 1.29 is 9.72 Å². The van der Waals surface area contributed by atoms with E-state index in [0.717, 1.165) is 6.42 Å². The molecular weight excluding hydrogens is 234 g/mol. The maximum Gasteiger partial charge on any atom is 0.282 e. The average molecular weight is 249 g/mol.